The summed E-state index contributed by atoms with van der Waals surface area (Å²) in [6.07, 6.45) is -4.07. The van der Waals surface area contributed by atoms with Gasteiger partial charge in [-0.15, -0.1) is 0 Å². The molecule has 0 unspecified atom stereocenters. The predicted molar refractivity (Wildman–Crippen MR) is 54.7 cm³/mol. The molecule has 0 saturated heterocycles. The highest BCUT2D eigenvalue weighted by Crippen LogP contribution is 2.34. The molecule has 0 aliphatic rings. The van der Waals surface area contributed by atoms with Gasteiger partial charge in [-0.1, -0.05) is 12.1 Å². The van der Waals surface area contributed by atoms with Crippen molar-refractivity contribution in [1.29, 1.82) is 0 Å². The molecule has 0 aliphatic heterocycles. The number of carbonyl (C=O) groups is 1. The van der Waals surface area contributed by atoms with Crippen molar-refractivity contribution in [3.63, 3.8) is 0 Å². The SMILES string of the molecule is Cc1nc(C=O)c2cccc(C(F)(F)F)c2n1. The van der Waals surface area contributed by atoms with Crippen molar-refractivity contribution in [3.05, 3.63) is 35.3 Å². The first-order valence-electron chi connectivity index (χ1n) is 4.73. The van der Waals surface area contributed by atoms with Crippen LogP contribution in [0.3, 0.4) is 0 Å². The molecule has 0 amide bonds. The molecule has 17 heavy (non-hydrogen) atoms. The zero-order valence-electron chi connectivity index (χ0n) is 8.75. The minimum absolute atomic E-state index is 0.0291. The molecule has 1 heterocycles. The zero-order valence-corrected chi connectivity index (χ0v) is 8.75. The Bertz CT molecular complexity index is 593. The van der Waals surface area contributed by atoms with Gasteiger partial charge in [-0.05, 0) is 13.0 Å². The Hall–Kier alpha value is -1.98. The Morgan fingerprint density at radius 1 is 1.24 bits per heavy atom. The fraction of sp³-hybridized carbons (Fsp3) is 0.182. The molecule has 3 nitrogen and oxygen atoms in total. The Morgan fingerprint density at radius 3 is 2.53 bits per heavy atom. The Labute approximate surface area is 94.3 Å². The van der Waals surface area contributed by atoms with E-state index in [1.165, 1.54) is 19.1 Å². The number of aldehydes is 1. The first kappa shape index (κ1) is 11.5. The standard InChI is InChI=1S/C11H7F3N2O/c1-6-15-9(5-17)7-3-2-4-8(10(7)16-6)11(12,13)14/h2-5H,1H3. The Morgan fingerprint density at radius 2 is 1.94 bits per heavy atom. The second-order valence-corrected chi connectivity index (χ2v) is 3.47. The van der Waals surface area contributed by atoms with E-state index in [1.807, 2.05) is 0 Å². The number of alkyl halides is 3. The lowest BCUT2D eigenvalue weighted by molar-refractivity contribution is -0.136. The van der Waals surface area contributed by atoms with Crippen LogP contribution in [0.5, 0.6) is 0 Å². The lowest BCUT2D eigenvalue weighted by Crippen LogP contribution is -2.08. The highest BCUT2D eigenvalue weighted by Gasteiger charge is 2.33. The van der Waals surface area contributed by atoms with Crippen LogP contribution in [0, 0.1) is 6.92 Å². The third-order valence-corrected chi connectivity index (χ3v) is 2.28. The highest BCUT2D eigenvalue weighted by atomic mass is 19.4. The van der Waals surface area contributed by atoms with Crippen molar-refractivity contribution in [2.45, 2.75) is 13.1 Å². The van der Waals surface area contributed by atoms with Gasteiger partial charge in [0, 0.05) is 5.39 Å². The summed E-state index contributed by atoms with van der Waals surface area (Å²) >= 11 is 0. The van der Waals surface area contributed by atoms with E-state index in [1.54, 1.807) is 0 Å². The van der Waals surface area contributed by atoms with Crippen LogP contribution < -0.4 is 0 Å². The van der Waals surface area contributed by atoms with Crippen LogP contribution in [0.25, 0.3) is 10.9 Å². The number of hydrogen-bond acceptors (Lipinski definition) is 3. The van der Waals surface area contributed by atoms with Crippen molar-refractivity contribution >= 4 is 17.2 Å². The van der Waals surface area contributed by atoms with Crippen molar-refractivity contribution in [2.75, 3.05) is 0 Å². The van der Waals surface area contributed by atoms with Gasteiger partial charge < -0.3 is 0 Å². The summed E-state index contributed by atoms with van der Waals surface area (Å²) in [5.74, 6) is 0.135. The average Bonchev–Trinajstić information content (AvgIpc) is 2.25. The fourth-order valence-corrected chi connectivity index (χ4v) is 1.61. The third-order valence-electron chi connectivity index (χ3n) is 2.28. The first-order chi connectivity index (χ1) is 7.93. The molecule has 0 aliphatic carbocycles. The van der Waals surface area contributed by atoms with Gasteiger partial charge in [0.25, 0.3) is 0 Å². The van der Waals surface area contributed by atoms with E-state index < -0.39 is 11.7 Å². The monoisotopic (exact) mass is 240 g/mol. The summed E-state index contributed by atoms with van der Waals surface area (Å²) < 4.78 is 38.2. The summed E-state index contributed by atoms with van der Waals surface area (Å²) in [6.45, 7) is 1.44. The Kier molecular flexibility index (Phi) is 2.57. The van der Waals surface area contributed by atoms with Gasteiger partial charge in [-0.25, -0.2) is 9.97 Å². The molecule has 2 aromatic rings. The molecule has 88 valence electrons. The highest BCUT2D eigenvalue weighted by molar-refractivity contribution is 5.95. The maximum absolute atomic E-state index is 12.7. The maximum atomic E-state index is 12.7. The summed E-state index contributed by atoms with van der Waals surface area (Å²) in [6, 6.07) is 3.56. The maximum Gasteiger partial charge on any atom is 0.418 e. The van der Waals surface area contributed by atoms with Crippen LogP contribution in [0.1, 0.15) is 21.9 Å². The zero-order chi connectivity index (χ0) is 12.6. The van der Waals surface area contributed by atoms with Crippen LogP contribution in [-0.4, -0.2) is 16.3 Å². The topological polar surface area (TPSA) is 42.9 Å². The third kappa shape index (κ3) is 1.98. The van der Waals surface area contributed by atoms with Crippen LogP contribution in [0.15, 0.2) is 18.2 Å². The van der Waals surface area contributed by atoms with Crippen molar-refractivity contribution in [3.8, 4) is 0 Å². The molecule has 1 aromatic heterocycles. The molecule has 0 bridgehead atoms. The minimum atomic E-state index is -4.50. The number of aryl methyl sites for hydroxylation is 1. The van der Waals surface area contributed by atoms with Crippen LogP contribution in [-0.2, 0) is 6.18 Å². The van der Waals surface area contributed by atoms with Crippen LogP contribution >= 0.6 is 0 Å². The molecular formula is C11H7F3N2O. The molecule has 0 saturated carbocycles. The molecule has 6 heteroatoms. The number of fused-ring (bicyclic) bond motifs is 1. The number of carbonyl (C=O) groups excluding carboxylic acids is 1. The number of nitrogens with zero attached hydrogens (tertiary/aromatic N) is 2. The van der Waals surface area contributed by atoms with Crippen LogP contribution in [0.2, 0.25) is 0 Å². The van der Waals surface area contributed by atoms with Gasteiger partial charge in [0.1, 0.15) is 11.5 Å². The molecular weight excluding hydrogens is 233 g/mol. The molecule has 0 radical (unpaired) electrons. The number of rotatable bonds is 1. The van der Waals surface area contributed by atoms with E-state index in [4.69, 9.17) is 0 Å². The summed E-state index contributed by atoms with van der Waals surface area (Å²) in [4.78, 5) is 18.3. The first-order valence-corrected chi connectivity index (χ1v) is 4.73. The van der Waals surface area contributed by atoms with E-state index in [0.29, 0.717) is 6.29 Å². The molecule has 0 fully saturated rings. The van der Waals surface area contributed by atoms with Gasteiger partial charge in [-0.2, -0.15) is 13.2 Å². The average molecular weight is 240 g/mol. The second kappa shape index (κ2) is 3.80. The van der Waals surface area contributed by atoms with Gasteiger partial charge in [-0.3, -0.25) is 4.79 Å². The van der Waals surface area contributed by atoms with E-state index in [-0.39, 0.29) is 22.4 Å². The van der Waals surface area contributed by atoms with Gasteiger partial charge in [0.2, 0.25) is 0 Å². The van der Waals surface area contributed by atoms with Gasteiger partial charge in [0.15, 0.2) is 6.29 Å². The molecule has 0 N–H and O–H groups in total. The summed E-state index contributed by atoms with van der Waals surface area (Å²) in [5, 5.41) is 0.112. The number of para-hydroxylation sites is 1. The number of benzene rings is 1. The summed E-state index contributed by atoms with van der Waals surface area (Å²) in [7, 11) is 0. The van der Waals surface area contributed by atoms with E-state index in [2.05, 4.69) is 9.97 Å². The quantitative estimate of drug-likeness (QED) is 0.720. The van der Waals surface area contributed by atoms with E-state index in [0.717, 1.165) is 6.07 Å². The fourth-order valence-electron chi connectivity index (χ4n) is 1.61. The van der Waals surface area contributed by atoms with Crippen molar-refractivity contribution < 1.29 is 18.0 Å². The smallest absolute Gasteiger partial charge is 0.296 e. The summed E-state index contributed by atoms with van der Waals surface area (Å²) in [5.41, 5.74) is -1.13. The van der Waals surface area contributed by atoms with E-state index >= 15 is 0 Å². The van der Waals surface area contributed by atoms with Gasteiger partial charge >= 0.3 is 6.18 Å². The molecule has 0 spiro atoms. The Balaban J connectivity index is 2.90. The van der Waals surface area contributed by atoms with E-state index in [9.17, 15) is 18.0 Å². The number of aromatic nitrogens is 2. The lowest BCUT2D eigenvalue weighted by atomic mass is 10.1. The minimum Gasteiger partial charge on any atom is -0.296 e. The van der Waals surface area contributed by atoms with Crippen molar-refractivity contribution in [2.24, 2.45) is 0 Å². The van der Waals surface area contributed by atoms with Gasteiger partial charge in [0.05, 0.1) is 11.1 Å². The normalized spacial score (nSPS) is 11.8. The molecule has 2 rings (SSSR count). The van der Waals surface area contributed by atoms with Crippen molar-refractivity contribution in [1.82, 2.24) is 9.97 Å². The molecule has 1 aromatic carbocycles. The number of halogens is 3. The molecule has 0 atom stereocenters. The lowest BCUT2D eigenvalue weighted by Gasteiger charge is -2.10. The van der Waals surface area contributed by atoms with Crippen LogP contribution in [0.4, 0.5) is 13.2 Å². The largest absolute Gasteiger partial charge is 0.418 e. The predicted octanol–water partition coefficient (Wildman–Crippen LogP) is 2.77. The second-order valence-electron chi connectivity index (χ2n) is 3.47. The number of hydrogen-bond donors (Lipinski definition) is 0.